The van der Waals surface area contributed by atoms with Crippen LogP contribution in [-0.4, -0.2) is 51.8 Å². The smallest absolute Gasteiger partial charge is 0.204 e. The molecule has 7 nitrogen and oxygen atoms in total. The van der Waals surface area contributed by atoms with Crippen LogP contribution >= 0.6 is 0 Å². The lowest BCUT2D eigenvalue weighted by atomic mass is 10.00. The molecular formula is C20H23NO6. The monoisotopic (exact) mass is 373 g/mol. The molecule has 1 aromatic carbocycles. The van der Waals surface area contributed by atoms with Gasteiger partial charge in [0, 0.05) is 26.0 Å². The molecule has 0 unspecified atom stereocenters. The predicted octanol–water partition coefficient (Wildman–Crippen LogP) is 2.82. The Morgan fingerprint density at radius 3 is 2.59 bits per heavy atom. The summed E-state index contributed by atoms with van der Waals surface area (Å²) in [6.07, 6.45) is 4.72. The Kier molecular flexibility index (Phi) is 7.16. The van der Waals surface area contributed by atoms with Gasteiger partial charge >= 0.3 is 0 Å². The van der Waals surface area contributed by atoms with Gasteiger partial charge < -0.3 is 18.9 Å². The third-order valence-electron chi connectivity index (χ3n) is 3.95. The maximum atomic E-state index is 12.8. The summed E-state index contributed by atoms with van der Waals surface area (Å²) in [5.74, 6) is 0.847. The molecule has 0 fully saturated rings. The zero-order chi connectivity index (χ0) is 19.8. The molecule has 1 heterocycles. The first kappa shape index (κ1) is 20.2. The van der Waals surface area contributed by atoms with E-state index in [1.807, 2.05) is 0 Å². The van der Waals surface area contributed by atoms with Crippen LogP contribution in [0.3, 0.4) is 0 Å². The second kappa shape index (κ2) is 9.56. The lowest BCUT2D eigenvalue weighted by Gasteiger charge is -2.23. The molecule has 0 spiro atoms. The molecule has 0 amide bonds. The summed E-state index contributed by atoms with van der Waals surface area (Å²) in [4.78, 5) is 29.1. The standard InChI is InChI=1S/C20H23NO6/c1-5-6-7-13(21-2)14(22)8-9-15(23)18-16(24-3)12-17-19(20(18)25-4)27-11-10-26-17/h5-7,12H,1,8-11H2,2-4H3/b7-6-,21-13?. The zero-order valence-electron chi connectivity index (χ0n) is 15.7. The average Bonchev–Trinajstić information content (AvgIpc) is 2.70. The Bertz CT molecular complexity index is 794. The van der Waals surface area contributed by atoms with Crippen LogP contribution in [0.5, 0.6) is 23.0 Å². The largest absolute Gasteiger partial charge is 0.496 e. The van der Waals surface area contributed by atoms with E-state index in [9.17, 15) is 9.59 Å². The van der Waals surface area contributed by atoms with Crippen LogP contribution in [0.2, 0.25) is 0 Å². The SMILES string of the molecule is C=C/C=C\C(=NC)C(=O)CCC(=O)c1c(OC)cc2c(c1OC)OCCO2. The van der Waals surface area contributed by atoms with Gasteiger partial charge in [0.25, 0.3) is 0 Å². The average molecular weight is 373 g/mol. The van der Waals surface area contributed by atoms with Crippen LogP contribution in [0.4, 0.5) is 0 Å². The van der Waals surface area contributed by atoms with E-state index in [4.69, 9.17) is 18.9 Å². The quantitative estimate of drug-likeness (QED) is 0.376. The normalized spacial score (nSPS) is 13.4. The molecule has 0 N–H and O–H groups in total. The van der Waals surface area contributed by atoms with Crippen molar-refractivity contribution in [1.82, 2.24) is 0 Å². The van der Waals surface area contributed by atoms with Crippen molar-refractivity contribution < 1.29 is 28.5 Å². The van der Waals surface area contributed by atoms with Crippen LogP contribution in [0.1, 0.15) is 23.2 Å². The van der Waals surface area contributed by atoms with Gasteiger partial charge in [-0.1, -0.05) is 18.7 Å². The highest BCUT2D eigenvalue weighted by Crippen LogP contribution is 2.47. The van der Waals surface area contributed by atoms with E-state index in [-0.39, 0.29) is 41.4 Å². The number of ketones is 2. The highest BCUT2D eigenvalue weighted by atomic mass is 16.6. The third kappa shape index (κ3) is 4.55. The number of fused-ring (bicyclic) bond motifs is 1. The summed E-state index contributed by atoms with van der Waals surface area (Å²) >= 11 is 0. The fourth-order valence-electron chi connectivity index (χ4n) is 2.68. The Labute approximate surface area is 158 Å². The summed E-state index contributed by atoms with van der Waals surface area (Å²) in [6, 6.07) is 1.60. The number of rotatable bonds is 9. The first-order chi connectivity index (χ1) is 13.1. The van der Waals surface area contributed by atoms with E-state index in [0.717, 1.165) is 0 Å². The van der Waals surface area contributed by atoms with Crippen molar-refractivity contribution in [2.75, 3.05) is 34.5 Å². The number of hydrogen-bond acceptors (Lipinski definition) is 7. The highest BCUT2D eigenvalue weighted by Gasteiger charge is 2.28. The molecule has 0 bridgehead atoms. The Morgan fingerprint density at radius 2 is 1.96 bits per heavy atom. The van der Waals surface area contributed by atoms with Gasteiger partial charge in [-0.15, -0.1) is 0 Å². The van der Waals surface area contributed by atoms with Crippen LogP contribution in [-0.2, 0) is 4.79 Å². The first-order valence-electron chi connectivity index (χ1n) is 8.44. The second-order valence-electron chi connectivity index (χ2n) is 5.56. The van der Waals surface area contributed by atoms with E-state index < -0.39 is 0 Å². The molecule has 0 atom stereocenters. The third-order valence-corrected chi connectivity index (χ3v) is 3.95. The number of allylic oxidation sites excluding steroid dienone is 3. The summed E-state index contributed by atoms with van der Waals surface area (Å²) in [5.41, 5.74) is 0.512. The first-order valence-corrected chi connectivity index (χ1v) is 8.44. The van der Waals surface area contributed by atoms with Gasteiger partial charge in [0.2, 0.25) is 5.75 Å². The highest BCUT2D eigenvalue weighted by molar-refractivity contribution is 6.44. The summed E-state index contributed by atoms with van der Waals surface area (Å²) < 4.78 is 21.9. The van der Waals surface area contributed by atoms with Crippen molar-refractivity contribution in [3.05, 3.63) is 36.4 Å². The van der Waals surface area contributed by atoms with Crippen LogP contribution in [0.25, 0.3) is 0 Å². The molecule has 1 aliphatic heterocycles. The molecule has 0 aliphatic carbocycles. The van der Waals surface area contributed by atoms with Gasteiger partial charge in [-0.25, -0.2) is 0 Å². The summed E-state index contributed by atoms with van der Waals surface area (Å²) in [6.45, 7) is 4.31. The maximum absolute atomic E-state index is 12.8. The molecule has 2 rings (SSSR count). The van der Waals surface area contributed by atoms with Crippen LogP contribution < -0.4 is 18.9 Å². The second-order valence-corrected chi connectivity index (χ2v) is 5.56. The van der Waals surface area contributed by atoms with Crippen molar-refractivity contribution in [3.63, 3.8) is 0 Å². The van der Waals surface area contributed by atoms with Crippen molar-refractivity contribution in [2.45, 2.75) is 12.8 Å². The van der Waals surface area contributed by atoms with Crippen molar-refractivity contribution in [3.8, 4) is 23.0 Å². The number of nitrogens with zero attached hydrogens (tertiary/aromatic N) is 1. The molecule has 27 heavy (non-hydrogen) atoms. The molecule has 1 aliphatic rings. The molecule has 0 radical (unpaired) electrons. The van der Waals surface area contributed by atoms with Gasteiger partial charge in [0.05, 0.1) is 14.2 Å². The Morgan fingerprint density at radius 1 is 1.22 bits per heavy atom. The van der Waals surface area contributed by atoms with Gasteiger partial charge in [0.1, 0.15) is 30.2 Å². The minimum Gasteiger partial charge on any atom is -0.496 e. The molecule has 0 saturated carbocycles. The van der Waals surface area contributed by atoms with Crippen molar-refractivity contribution in [1.29, 1.82) is 0 Å². The van der Waals surface area contributed by atoms with E-state index in [1.54, 1.807) is 24.3 Å². The molecule has 1 aromatic rings. The Balaban J connectivity index is 2.26. The molecule has 7 heteroatoms. The van der Waals surface area contributed by atoms with Gasteiger partial charge in [0.15, 0.2) is 23.1 Å². The number of aliphatic imine (C=N–C) groups is 1. The van der Waals surface area contributed by atoms with Gasteiger partial charge in [-0.05, 0) is 6.08 Å². The summed E-state index contributed by atoms with van der Waals surface area (Å²) in [5, 5.41) is 0. The molecular weight excluding hydrogens is 350 g/mol. The lowest BCUT2D eigenvalue weighted by molar-refractivity contribution is -0.112. The summed E-state index contributed by atoms with van der Waals surface area (Å²) in [7, 11) is 4.42. The zero-order valence-corrected chi connectivity index (χ0v) is 15.7. The van der Waals surface area contributed by atoms with Gasteiger partial charge in [-0.3, -0.25) is 14.6 Å². The van der Waals surface area contributed by atoms with E-state index in [2.05, 4.69) is 11.6 Å². The topological polar surface area (TPSA) is 83.4 Å². The number of methoxy groups -OCH3 is 2. The van der Waals surface area contributed by atoms with Gasteiger partial charge in [-0.2, -0.15) is 0 Å². The molecule has 144 valence electrons. The number of benzene rings is 1. The number of carbonyl (C=O) groups excluding carboxylic acids is 2. The van der Waals surface area contributed by atoms with Crippen molar-refractivity contribution >= 4 is 17.3 Å². The number of Topliss-reactive ketones (excluding diaryl/α,β-unsaturated/α-hetero) is 2. The van der Waals surface area contributed by atoms with Crippen molar-refractivity contribution in [2.24, 2.45) is 4.99 Å². The fourth-order valence-corrected chi connectivity index (χ4v) is 2.68. The molecule has 0 aromatic heterocycles. The number of hydrogen-bond donors (Lipinski definition) is 0. The minimum atomic E-state index is -0.294. The van der Waals surface area contributed by atoms with E-state index in [1.165, 1.54) is 21.3 Å². The fraction of sp³-hybridized carbons (Fsp3) is 0.350. The van der Waals surface area contributed by atoms with Crippen LogP contribution in [0, 0.1) is 0 Å². The predicted molar refractivity (Wildman–Crippen MR) is 102 cm³/mol. The van der Waals surface area contributed by atoms with Crippen LogP contribution in [0.15, 0.2) is 35.9 Å². The molecule has 0 saturated heterocycles. The maximum Gasteiger partial charge on any atom is 0.204 e. The number of ether oxygens (including phenoxy) is 4. The Hall–Kier alpha value is -3.09. The van der Waals surface area contributed by atoms with E-state index in [0.29, 0.717) is 30.5 Å². The number of carbonyl (C=O) groups is 2. The van der Waals surface area contributed by atoms with E-state index >= 15 is 0 Å². The minimum absolute atomic E-state index is 0.00768. The lowest BCUT2D eigenvalue weighted by Crippen LogP contribution is -2.18.